The molecule has 0 unspecified atom stereocenters. The van der Waals surface area contributed by atoms with E-state index in [1.54, 1.807) is 13.0 Å². The van der Waals surface area contributed by atoms with Crippen molar-refractivity contribution in [1.82, 2.24) is 0 Å². The summed E-state index contributed by atoms with van der Waals surface area (Å²) in [5, 5.41) is 19.1. The highest BCUT2D eigenvalue weighted by molar-refractivity contribution is 5.59. The van der Waals surface area contributed by atoms with E-state index < -0.39 is 6.10 Å². The predicted molar refractivity (Wildman–Crippen MR) is 83.0 cm³/mol. The maximum atomic E-state index is 9.98. The van der Waals surface area contributed by atoms with Crippen LogP contribution >= 0.6 is 0 Å². The zero-order chi connectivity index (χ0) is 14.8. The lowest BCUT2D eigenvalue weighted by Crippen LogP contribution is -2.31. The summed E-state index contributed by atoms with van der Waals surface area (Å²) in [6.07, 6.45) is 0.455. The van der Waals surface area contributed by atoms with Gasteiger partial charge in [0.05, 0.1) is 17.7 Å². The molecule has 1 atom stereocenters. The van der Waals surface area contributed by atoms with Crippen LogP contribution < -0.4 is 4.90 Å². The molecule has 21 heavy (non-hydrogen) atoms. The fraction of sp³-hybridized carbons (Fsp3) is 0.278. The Hall–Kier alpha value is -2.31. The number of aliphatic hydroxyl groups excluding tert-OH is 1. The van der Waals surface area contributed by atoms with Crippen molar-refractivity contribution in [2.45, 2.75) is 26.0 Å². The zero-order valence-corrected chi connectivity index (χ0v) is 12.1. The predicted octanol–water partition coefficient (Wildman–Crippen LogP) is 3.17. The number of anilines is 1. The van der Waals surface area contributed by atoms with E-state index in [0.717, 1.165) is 30.8 Å². The minimum absolute atomic E-state index is 0.537. The standard InChI is InChI=1S/C18H18N2O/c1-13(21)17-7-6-14(11-19)10-18(17)20-9-8-15-4-2-3-5-16(15)12-20/h2-7,10,13,21H,8-9,12H2,1H3/t13-/m0/s1. The Morgan fingerprint density at radius 3 is 2.67 bits per heavy atom. The van der Waals surface area contributed by atoms with Gasteiger partial charge >= 0.3 is 0 Å². The van der Waals surface area contributed by atoms with Crippen LogP contribution in [0.15, 0.2) is 42.5 Å². The zero-order valence-electron chi connectivity index (χ0n) is 12.1. The Kier molecular flexibility index (Phi) is 3.64. The lowest BCUT2D eigenvalue weighted by Gasteiger charge is -2.32. The van der Waals surface area contributed by atoms with E-state index in [4.69, 9.17) is 5.26 Å². The van der Waals surface area contributed by atoms with E-state index in [9.17, 15) is 5.11 Å². The normalized spacial score (nSPS) is 15.2. The highest BCUT2D eigenvalue weighted by Crippen LogP contribution is 2.31. The fourth-order valence-electron chi connectivity index (χ4n) is 2.94. The maximum absolute atomic E-state index is 9.98. The van der Waals surface area contributed by atoms with Crippen LogP contribution in [0.3, 0.4) is 0 Å². The summed E-state index contributed by atoms with van der Waals surface area (Å²) in [4.78, 5) is 2.26. The second-order valence-electron chi connectivity index (χ2n) is 5.50. The SMILES string of the molecule is C[C@H](O)c1ccc(C#N)cc1N1CCc2ccccc2C1. The third kappa shape index (κ3) is 2.63. The van der Waals surface area contributed by atoms with Gasteiger partial charge in [0.2, 0.25) is 0 Å². The van der Waals surface area contributed by atoms with Gasteiger partial charge in [0.1, 0.15) is 0 Å². The monoisotopic (exact) mass is 278 g/mol. The number of hydrogen-bond donors (Lipinski definition) is 1. The van der Waals surface area contributed by atoms with Crippen molar-refractivity contribution >= 4 is 5.69 Å². The average molecular weight is 278 g/mol. The summed E-state index contributed by atoms with van der Waals surface area (Å²) in [6.45, 7) is 3.50. The van der Waals surface area contributed by atoms with Crippen LogP contribution in [-0.4, -0.2) is 11.7 Å². The van der Waals surface area contributed by atoms with Crippen molar-refractivity contribution < 1.29 is 5.11 Å². The Bertz CT molecular complexity index is 701. The molecule has 1 N–H and O–H groups in total. The molecule has 0 aliphatic carbocycles. The van der Waals surface area contributed by atoms with E-state index in [1.807, 2.05) is 12.1 Å². The van der Waals surface area contributed by atoms with Crippen LogP contribution in [0.1, 0.15) is 35.3 Å². The summed E-state index contributed by atoms with van der Waals surface area (Å²) in [7, 11) is 0. The van der Waals surface area contributed by atoms with Gasteiger partial charge in [0, 0.05) is 24.3 Å². The molecular formula is C18H18N2O. The molecule has 1 heterocycles. The number of nitriles is 1. The first-order chi connectivity index (χ1) is 10.2. The number of fused-ring (bicyclic) bond motifs is 1. The van der Waals surface area contributed by atoms with E-state index >= 15 is 0 Å². The fourth-order valence-corrected chi connectivity index (χ4v) is 2.94. The summed E-state index contributed by atoms with van der Waals surface area (Å²) >= 11 is 0. The highest BCUT2D eigenvalue weighted by Gasteiger charge is 2.20. The van der Waals surface area contributed by atoms with Gasteiger partial charge in [-0.1, -0.05) is 30.3 Å². The molecule has 106 valence electrons. The number of benzene rings is 2. The van der Waals surface area contributed by atoms with Gasteiger partial charge in [-0.15, -0.1) is 0 Å². The van der Waals surface area contributed by atoms with Gasteiger partial charge < -0.3 is 10.0 Å². The van der Waals surface area contributed by atoms with Gasteiger partial charge in [-0.3, -0.25) is 0 Å². The van der Waals surface area contributed by atoms with Crippen molar-refractivity contribution in [3.05, 3.63) is 64.7 Å². The van der Waals surface area contributed by atoms with E-state index in [0.29, 0.717) is 5.56 Å². The third-order valence-electron chi connectivity index (χ3n) is 4.08. The topological polar surface area (TPSA) is 47.3 Å². The Morgan fingerprint density at radius 1 is 1.19 bits per heavy atom. The van der Waals surface area contributed by atoms with Crippen LogP contribution in [0.2, 0.25) is 0 Å². The molecule has 0 amide bonds. The molecule has 0 fully saturated rings. The van der Waals surface area contributed by atoms with Gasteiger partial charge in [-0.05, 0) is 36.6 Å². The Balaban J connectivity index is 1.99. The lowest BCUT2D eigenvalue weighted by molar-refractivity contribution is 0.199. The number of rotatable bonds is 2. The minimum Gasteiger partial charge on any atom is -0.389 e. The molecule has 0 radical (unpaired) electrons. The first kappa shape index (κ1) is 13.7. The summed E-state index contributed by atoms with van der Waals surface area (Å²) < 4.78 is 0. The summed E-state index contributed by atoms with van der Waals surface area (Å²) in [6, 6.07) is 16.2. The quantitative estimate of drug-likeness (QED) is 0.917. The smallest absolute Gasteiger partial charge is 0.0992 e. The molecule has 1 aliphatic heterocycles. The maximum Gasteiger partial charge on any atom is 0.0992 e. The number of aliphatic hydroxyl groups is 1. The van der Waals surface area contributed by atoms with Crippen molar-refractivity contribution in [3.63, 3.8) is 0 Å². The molecule has 2 aromatic rings. The molecule has 0 spiro atoms. The number of nitrogens with zero attached hydrogens (tertiary/aromatic N) is 2. The van der Waals surface area contributed by atoms with E-state index in [1.165, 1.54) is 11.1 Å². The van der Waals surface area contributed by atoms with E-state index in [-0.39, 0.29) is 0 Å². The molecule has 3 heteroatoms. The molecule has 0 saturated carbocycles. The third-order valence-corrected chi connectivity index (χ3v) is 4.08. The first-order valence-electron chi connectivity index (χ1n) is 7.23. The molecule has 2 aromatic carbocycles. The molecule has 1 aliphatic rings. The Morgan fingerprint density at radius 2 is 1.95 bits per heavy atom. The molecule has 0 bridgehead atoms. The van der Waals surface area contributed by atoms with E-state index in [2.05, 4.69) is 35.2 Å². The van der Waals surface area contributed by atoms with Crippen molar-refractivity contribution in [3.8, 4) is 6.07 Å². The van der Waals surface area contributed by atoms with Gasteiger partial charge in [0.25, 0.3) is 0 Å². The molecule has 0 aromatic heterocycles. The van der Waals surface area contributed by atoms with Crippen LogP contribution in [0, 0.1) is 11.3 Å². The van der Waals surface area contributed by atoms with Crippen LogP contribution in [-0.2, 0) is 13.0 Å². The average Bonchev–Trinajstić information content (AvgIpc) is 2.53. The van der Waals surface area contributed by atoms with Crippen molar-refractivity contribution in [2.75, 3.05) is 11.4 Å². The minimum atomic E-state index is -0.537. The Labute approximate surface area is 125 Å². The molecular weight excluding hydrogens is 260 g/mol. The van der Waals surface area contributed by atoms with Gasteiger partial charge in [-0.2, -0.15) is 5.26 Å². The highest BCUT2D eigenvalue weighted by atomic mass is 16.3. The second-order valence-corrected chi connectivity index (χ2v) is 5.50. The van der Waals surface area contributed by atoms with Crippen LogP contribution in [0.25, 0.3) is 0 Å². The van der Waals surface area contributed by atoms with Crippen molar-refractivity contribution in [2.24, 2.45) is 0 Å². The van der Waals surface area contributed by atoms with Crippen LogP contribution in [0.5, 0.6) is 0 Å². The molecule has 0 saturated heterocycles. The molecule has 3 nitrogen and oxygen atoms in total. The lowest BCUT2D eigenvalue weighted by atomic mass is 9.97. The number of hydrogen-bond acceptors (Lipinski definition) is 3. The van der Waals surface area contributed by atoms with Gasteiger partial charge in [-0.25, -0.2) is 0 Å². The summed E-state index contributed by atoms with van der Waals surface area (Å²) in [5.41, 5.74) is 5.20. The van der Waals surface area contributed by atoms with Crippen LogP contribution in [0.4, 0.5) is 5.69 Å². The second kappa shape index (κ2) is 5.59. The van der Waals surface area contributed by atoms with Gasteiger partial charge in [0.15, 0.2) is 0 Å². The molecule has 3 rings (SSSR count). The van der Waals surface area contributed by atoms with Crippen molar-refractivity contribution in [1.29, 1.82) is 5.26 Å². The largest absolute Gasteiger partial charge is 0.389 e. The summed E-state index contributed by atoms with van der Waals surface area (Å²) in [5.74, 6) is 0. The first-order valence-corrected chi connectivity index (χ1v) is 7.23.